The van der Waals surface area contributed by atoms with Crippen LogP contribution in [0.25, 0.3) is 0 Å². The Labute approximate surface area is 97.4 Å². The van der Waals surface area contributed by atoms with Crippen molar-refractivity contribution in [1.29, 1.82) is 0 Å². The van der Waals surface area contributed by atoms with E-state index in [4.69, 9.17) is 4.74 Å². The van der Waals surface area contributed by atoms with Gasteiger partial charge in [0.25, 0.3) is 0 Å². The molecule has 0 bridgehead atoms. The molecule has 0 saturated heterocycles. The maximum absolute atomic E-state index is 5.84. The van der Waals surface area contributed by atoms with Crippen LogP contribution in [0.5, 0.6) is 5.75 Å². The standard InChI is InChI=1S/C13H20N2O/c1-13(2)8-11-7-10(9-14-15(3)4)5-6-12(11)16-13/h5-7,14H,8-9H2,1-4H3. The summed E-state index contributed by atoms with van der Waals surface area (Å²) in [5, 5.41) is 1.97. The van der Waals surface area contributed by atoms with E-state index in [1.807, 2.05) is 19.1 Å². The highest BCUT2D eigenvalue weighted by Gasteiger charge is 2.29. The smallest absolute Gasteiger partial charge is 0.123 e. The molecule has 1 aromatic carbocycles. The van der Waals surface area contributed by atoms with Gasteiger partial charge in [-0.1, -0.05) is 12.1 Å². The van der Waals surface area contributed by atoms with E-state index in [0.29, 0.717) is 0 Å². The molecule has 1 aliphatic rings. The summed E-state index contributed by atoms with van der Waals surface area (Å²) in [5.41, 5.74) is 5.84. The first-order valence-corrected chi connectivity index (χ1v) is 5.68. The number of fused-ring (bicyclic) bond motifs is 1. The average Bonchev–Trinajstić information content (AvgIpc) is 2.47. The van der Waals surface area contributed by atoms with E-state index >= 15 is 0 Å². The maximum atomic E-state index is 5.84. The molecular weight excluding hydrogens is 200 g/mol. The molecule has 0 unspecified atom stereocenters. The third-order valence-corrected chi connectivity index (χ3v) is 2.73. The van der Waals surface area contributed by atoms with E-state index < -0.39 is 0 Å². The van der Waals surface area contributed by atoms with Crippen LogP contribution in [0.1, 0.15) is 25.0 Å². The lowest BCUT2D eigenvalue weighted by Gasteiger charge is -2.16. The van der Waals surface area contributed by atoms with Crippen molar-refractivity contribution in [3.05, 3.63) is 29.3 Å². The van der Waals surface area contributed by atoms with Crippen molar-refractivity contribution in [1.82, 2.24) is 10.4 Å². The van der Waals surface area contributed by atoms with Crippen LogP contribution < -0.4 is 10.2 Å². The highest BCUT2D eigenvalue weighted by atomic mass is 16.5. The van der Waals surface area contributed by atoms with Gasteiger partial charge in [0.05, 0.1) is 0 Å². The van der Waals surface area contributed by atoms with Crippen LogP contribution >= 0.6 is 0 Å². The minimum Gasteiger partial charge on any atom is -0.487 e. The summed E-state index contributed by atoms with van der Waals surface area (Å²) in [6.07, 6.45) is 0.998. The molecule has 3 nitrogen and oxygen atoms in total. The molecule has 1 N–H and O–H groups in total. The van der Waals surface area contributed by atoms with E-state index in [2.05, 4.69) is 37.5 Å². The number of nitrogens with zero attached hydrogens (tertiary/aromatic N) is 1. The second kappa shape index (κ2) is 4.07. The highest BCUT2D eigenvalue weighted by molar-refractivity contribution is 5.41. The Hall–Kier alpha value is -1.06. The zero-order valence-electron chi connectivity index (χ0n) is 10.5. The molecule has 0 atom stereocenters. The number of hydrazine groups is 1. The van der Waals surface area contributed by atoms with Gasteiger partial charge in [0.15, 0.2) is 0 Å². The van der Waals surface area contributed by atoms with Crippen molar-refractivity contribution < 1.29 is 4.74 Å². The van der Waals surface area contributed by atoms with Gasteiger partial charge in [0.2, 0.25) is 0 Å². The van der Waals surface area contributed by atoms with Gasteiger partial charge in [-0.05, 0) is 31.0 Å². The summed E-state index contributed by atoms with van der Waals surface area (Å²) >= 11 is 0. The van der Waals surface area contributed by atoms with Crippen molar-refractivity contribution in [3.63, 3.8) is 0 Å². The first kappa shape index (κ1) is 11.4. The summed E-state index contributed by atoms with van der Waals surface area (Å²) in [4.78, 5) is 0. The van der Waals surface area contributed by atoms with Gasteiger partial charge in [0.1, 0.15) is 11.4 Å². The number of rotatable bonds is 3. The van der Waals surface area contributed by atoms with Crippen LogP contribution in [0.4, 0.5) is 0 Å². The fourth-order valence-corrected chi connectivity index (χ4v) is 2.02. The second-order valence-electron chi connectivity index (χ2n) is 5.21. The number of hydrogen-bond acceptors (Lipinski definition) is 3. The lowest BCUT2D eigenvalue weighted by Crippen LogP contribution is -2.29. The Morgan fingerprint density at radius 3 is 2.81 bits per heavy atom. The van der Waals surface area contributed by atoms with Gasteiger partial charge in [0, 0.05) is 27.1 Å². The summed E-state index contributed by atoms with van der Waals surface area (Å²) in [6, 6.07) is 6.44. The van der Waals surface area contributed by atoms with Crippen molar-refractivity contribution >= 4 is 0 Å². The Balaban J connectivity index is 2.10. The van der Waals surface area contributed by atoms with E-state index in [0.717, 1.165) is 18.7 Å². The minimum atomic E-state index is -0.0457. The van der Waals surface area contributed by atoms with Crippen LogP contribution in [-0.4, -0.2) is 24.7 Å². The van der Waals surface area contributed by atoms with E-state index in [1.165, 1.54) is 11.1 Å². The number of nitrogens with one attached hydrogen (secondary N) is 1. The Kier molecular flexibility index (Phi) is 2.91. The molecule has 1 aromatic rings. The minimum absolute atomic E-state index is 0.0457. The molecule has 0 aliphatic carbocycles. The summed E-state index contributed by atoms with van der Waals surface area (Å²) in [5.74, 6) is 1.04. The molecule has 1 aliphatic heterocycles. The SMILES string of the molecule is CN(C)NCc1ccc2c(c1)CC(C)(C)O2. The van der Waals surface area contributed by atoms with Crippen molar-refractivity contribution in [2.45, 2.75) is 32.4 Å². The summed E-state index contributed by atoms with van der Waals surface area (Å²) < 4.78 is 5.84. The molecule has 88 valence electrons. The maximum Gasteiger partial charge on any atom is 0.123 e. The molecule has 3 heteroatoms. The molecule has 0 fully saturated rings. The molecular formula is C13H20N2O. The fourth-order valence-electron chi connectivity index (χ4n) is 2.02. The van der Waals surface area contributed by atoms with Crippen LogP contribution in [0.3, 0.4) is 0 Å². The lowest BCUT2D eigenvalue weighted by atomic mass is 10.0. The third-order valence-electron chi connectivity index (χ3n) is 2.73. The summed E-state index contributed by atoms with van der Waals surface area (Å²) in [7, 11) is 4.00. The van der Waals surface area contributed by atoms with Crippen LogP contribution in [0.15, 0.2) is 18.2 Å². The zero-order valence-corrected chi connectivity index (χ0v) is 10.5. The normalized spacial score (nSPS) is 17.3. The van der Waals surface area contributed by atoms with E-state index in [9.17, 15) is 0 Å². The molecule has 16 heavy (non-hydrogen) atoms. The van der Waals surface area contributed by atoms with Crippen molar-refractivity contribution in [2.75, 3.05) is 14.1 Å². The Bertz CT molecular complexity index is 386. The first-order valence-electron chi connectivity index (χ1n) is 5.68. The first-order chi connectivity index (χ1) is 7.46. The molecule has 0 radical (unpaired) electrons. The molecule has 2 rings (SSSR count). The Morgan fingerprint density at radius 2 is 2.12 bits per heavy atom. The molecule has 1 heterocycles. The second-order valence-corrected chi connectivity index (χ2v) is 5.21. The van der Waals surface area contributed by atoms with Crippen LogP contribution in [0.2, 0.25) is 0 Å². The predicted molar refractivity (Wildman–Crippen MR) is 65.4 cm³/mol. The Morgan fingerprint density at radius 1 is 1.38 bits per heavy atom. The number of ether oxygens (including phenoxy) is 1. The molecule has 0 amide bonds. The predicted octanol–water partition coefficient (Wildman–Crippen LogP) is 1.97. The van der Waals surface area contributed by atoms with Crippen molar-refractivity contribution in [2.24, 2.45) is 0 Å². The average molecular weight is 220 g/mol. The zero-order chi connectivity index (χ0) is 11.8. The number of hydrogen-bond donors (Lipinski definition) is 1. The van der Waals surface area contributed by atoms with Crippen molar-refractivity contribution in [3.8, 4) is 5.75 Å². The van der Waals surface area contributed by atoms with Crippen LogP contribution in [-0.2, 0) is 13.0 Å². The quantitative estimate of drug-likeness (QED) is 0.788. The molecule has 0 aromatic heterocycles. The largest absolute Gasteiger partial charge is 0.487 e. The molecule has 0 saturated carbocycles. The van der Waals surface area contributed by atoms with Gasteiger partial charge in [-0.2, -0.15) is 0 Å². The fraction of sp³-hybridized carbons (Fsp3) is 0.538. The topological polar surface area (TPSA) is 24.5 Å². The van der Waals surface area contributed by atoms with E-state index in [1.54, 1.807) is 0 Å². The van der Waals surface area contributed by atoms with Gasteiger partial charge < -0.3 is 4.74 Å². The summed E-state index contributed by atoms with van der Waals surface area (Å²) in [6.45, 7) is 5.12. The molecule has 0 spiro atoms. The lowest BCUT2D eigenvalue weighted by molar-refractivity contribution is 0.138. The third kappa shape index (κ3) is 2.54. The van der Waals surface area contributed by atoms with Gasteiger partial charge >= 0.3 is 0 Å². The highest BCUT2D eigenvalue weighted by Crippen LogP contribution is 2.35. The monoisotopic (exact) mass is 220 g/mol. The van der Waals surface area contributed by atoms with Gasteiger partial charge in [-0.3, -0.25) is 10.4 Å². The van der Waals surface area contributed by atoms with Gasteiger partial charge in [-0.15, -0.1) is 0 Å². The number of benzene rings is 1. The van der Waals surface area contributed by atoms with Gasteiger partial charge in [-0.25, -0.2) is 0 Å². The van der Waals surface area contributed by atoms with Crippen LogP contribution in [0, 0.1) is 0 Å². The van der Waals surface area contributed by atoms with E-state index in [-0.39, 0.29) is 5.60 Å².